The van der Waals surface area contributed by atoms with Gasteiger partial charge < -0.3 is 10.1 Å². The molecule has 4 aliphatic carbocycles. The van der Waals surface area contributed by atoms with Crippen LogP contribution in [0.1, 0.15) is 50.6 Å². The molecule has 2 amide bonds. The number of carbonyl (C=O) groups is 2. The van der Waals surface area contributed by atoms with E-state index in [-0.39, 0.29) is 30.2 Å². The lowest BCUT2D eigenvalue weighted by atomic mass is 9.49. The van der Waals surface area contributed by atoms with Crippen molar-refractivity contribution in [2.24, 2.45) is 17.8 Å². The highest BCUT2D eigenvalue weighted by molar-refractivity contribution is 7.14. The fourth-order valence-electron chi connectivity index (χ4n) is 6.79. The Morgan fingerprint density at radius 1 is 1.16 bits per heavy atom. The van der Waals surface area contributed by atoms with Gasteiger partial charge in [0.05, 0.1) is 24.4 Å². The second kappa shape index (κ2) is 7.33. The smallest absolute Gasteiger partial charge is 0.246 e. The zero-order valence-corrected chi connectivity index (χ0v) is 18.3. The summed E-state index contributed by atoms with van der Waals surface area (Å²) in [4.78, 5) is 31.8. The molecule has 1 aromatic carbocycles. The van der Waals surface area contributed by atoms with Crippen molar-refractivity contribution in [2.45, 2.75) is 50.4 Å². The average molecular weight is 438 g/mol. The van der Waals surface area contributed by atoms with E-state index in [0.29, 0.717) is 23.2 Å². The van der Waals surface area contributed by atoms with Crippen molar-refractivity contribution in [2.75, 3.05) is 23.4 Å². The Labute approximate surface area is 186 Å². The van der Waals surface area contributed by atoms with Crippen molar-refractivity contribution in [1.29, 1.82) is 0 Å². The van der Waals surface area contributed by atoms with Gasteiger partial charge in [-0.05, 0) is 68.4 Å². The number of aromatic nitrogens is 1. The molecule has 0 spiro atoms. The first-order valence-electron chi connectivity index (χ1n) is 11.4. The minimum absolute atomic E-state index is 0.0362. The van der Waals surface area contributed by atoms with Crippen LogP contribution >= 0.6 is 11.3 Å². The molecule has 31 heavy (non-hydrogen) atoms. The van der Waals surface area contributed by atoms with Gasteiger partial charge in [-0.15, -0.1) is 11.3 Å². The second-order valence-electron chi connectivity index (χ2n) is 9.83. The van der Waals surface area contributed by atoms with Gasteiger partial charge in [0.2, 0.25) is 11.8 Å². The average Bonchev–Trinajstić information content (AvgIpc) is 3.15. The summed E-state index contributed by atoms with van der Waals surface area (Å²) in [6, 6.07) is 7.37. The van der Waals surface area contributed by atoms with Gasteiger partial charge in [0.1, 0.15) is 12.3 Å². The monoisotopic (exact) mass is 437 g/mol. The Bertz CT molecular complexity index is 997. The number of nitrogens with zero attached hydrogens (tertiary/aromatic N) is 2. The number of ether oxygens (including phenoxy) is 1. The van der Waals surface area contributed by atoms with E-state index in [2.05, 4.69) is 10.7 Å². The Hall–Kier alpha value is -2.41. The minimum Gasteiger partial charge on any atom is -0.491 e. The molecule has 4 saturated carbocycles. The standard InChI is InChI=1S/C24H27N3O3S/c28-21(13-27-18-3-1-2-4-19(18)30-6-5-22(27)29)26-23-25-20(14-31-23)24-10-15-7-16(11-24)9-17(8-15)12-24/h1-4,14-17H,5-13H2,(H,25,26,28). The summed E-state index contributed by atoms with van der Waals surface area (Å²) in [5, 5.41) is 5.74. The Morgan fingerprint density at radius 2 is 1.87 bits per heavy atom. The van der Waals surface area contributed by atoms with E-state index in [0.717, 1.165) is 17.8 Å². The van der Waals surface area contributed by atoms with Crippen LogP contribution < -0.4 is 15.0 Å². The van der Waals surface area contributed by atoms with Crippen LogP contribution in [0.4, 0.5) is 10.8 Å². The molecule has 7 rings (SSSR count). The highest BCUT2D eigenvalue weighted by Crippen LogP contribution is 2.60. The fourth-order valence-corrected chi connectivity index (χ4v) is 7.64. The zero-order valence-electron chi connectivity index (χ0n) is 17.5. The number of carbonyl (C=O) groups excluding carboxylic acids is 2. The lowest BCUT2D eigenvalue weighted by Crippen LogP contribution is -2.48. The number of hydrogen-bond acceptors (Lipinski definition) is 5. The molecule has 0 atom stereocenters. The predicted octanol–water partition coefficient (Wildman–Crippen LogP) is 4.37. The Morgan fingerprint density at radius 3 is 2.61 bits per heavy atom. The molecule has 5 aliphatic rings. The van der Waals surface area contributed by atoms with E-state index in [1.165, 1.54) is 60.5 Å². The summed E-state index contributed by atoms with van der Waals surface area (Å²) in [5.41, 5.74) is 2.05. The van der Waals surface area contributed by atoms with Crippen molar-refractivity contribution >= 4 is 34.0 Å². The first-order chi connectivity index (χ1) is 15.1. The molecule has 2 aromatic rings. The molecule has 1 aliphatic heterocycles. The number of rotatable bonds is 4. The van der Waals surface area contributed by atoms with Gasteiger partial charge >= 0.3 is 0 Å². The lowest BCUT2D eigenvalue weighted by molar-refractivity contribution is -0.121. The summed E-state index contributed by atoms with van der Waals surface area (Å²) in [5.74, 6) is 2.90. The number of thiazole rings is 1. The highest BCUT2D eigenvalue weighted by atomic mass is 32.1. The van der Waals surface area contributed by atoms with E-state index in [1.807, 2.05) is 24.3 Å². The van der Waals surface area contributed by atoms with Gasteiger partial charge in [-0.1, -0.05) is 12.1 Å². The number of para-hydroxylation sites is 2. The maximum Gasteiger partial charge on any atom is 0.246 e. The van der Waals surface area contributed by atoms with Gasteiger partial charge in [0, 0.05) is 10.8 Å². The summed E-state index contributed by atoms with van der Waals surface area (Å²) in [6.45, 7) is 0.292. The predicted molar refractivity (Wildman–Crippen MR) is 120 cm³/mol. The van der Waals surface area contributed by atoms with E-state index >= 15 is 0 Å². The highest BCUT2D eigenvalue weighted by Gasteiger charge is 2.52. The summed E-state index contributed by atoms with van der Waals surface area (Å²) >= 11 is 1.51. The number of amides is 2. The maximum atomic E-state index is 12.8. The number of hydrogen-bond donors (Lipinski definition) is 1. The second-order valence-corrected chi connectivity index (χ2v) is 10.7. The van der Waals surface area contributed by atoms with E-state index in [4.69, 9.17) is 9.72 Å². The SMILES string of the molecule is O=C(CN1C(=O)CCOc2ccccc21)Nc1nc(C23CC4CC(CC(C4)C2)C3)cs1. The quantitative estimate of drug-likeness (QED) is 0.771. The molecular formula is C24H27N3O3S. The van der Waals surface area contributed by atoms with Crippen LogP contribution in [0.5, 0.6) is 5.75 Å². The van der Waals surface area contributed by atoms with E-state index < -0.39 is 0 Å². The summed E-state index contributed by atoms with van der Waals surface area (Å²) in [6.07, 6.45) is 8.25. The third kappa shape index (κ3) is 3.43. The molecule has 0 radical (unpaired) electrons. The number of nitrogens with one attached hydrogen (secondary N) is 1. The third-order valence-corrected chi connectivity index (χ3v) is 8.42. The molecule has 4 bridgehead atoms. The molecule has 7 heteroatoms. The van der Waals surface area contributed by atoms with Gasteiger partial charge in [-0.25, -0.2) is 4.98 Å². The van der Waals surface area contributed by atoms with Crippen molar-refractivity contribution in [3.05, 3.63) is 35.3 Å². The van der Waals surface area contributed by atoms with Crippen LogP contribution in [0, 0.1) is 17.8 Å². The van der Waals surface area contributed by atoms with Gasteiger partial charge in [0.15, 0.2) is 5.13 Å². The van der Waals surface area contributed by atoms with Crippen LogP contribution in [0.2, 0.25) is 0 Å². The van der Waals surface area contributed by atoms with Gasteiger partial charge in [-0.3, -0.25) is 14.5 Å². The molecule has 6 nitrogen and oxygen atoms in total. The lowest BCUT2D eigenvalue weighted by Gasteiger charge is -2.56. The fraction of sp³-hybridized carbons (Fsp3) is 0.542. The van der Waals surface area contributed by atoms with E-state index in [1.54, 1.807) is 0 Å². The molecule has 4 fully saturated rings. The van der Waals surface area contributed by atoms with E-state index in [9.17, 15) is 9.59 Å². The number of benzene rings is 1. The third-order valence-electron chi connectivity index (χ3n) is 7.66. The molecule has 162 valence electrons. The van der Waals surface area contributed by atoms with Crippen molar-refractivity contribution < 1.29 is 14.3 Å². The largest absolute Gasteiger partial charge is 0.491 e. The van der Waals surface area contributed by atoms with Crippen LogP contribution in [0.25, 0.3) is 0 Å². The van der Waals surface area contributed by atoms with Gasteiger partial charge in [0.25, 0.3) is 0 Å². The maximum absolute atomic E-state index is 12.8. The minimum atomic E-state index is -0.225. The number of anilines is 2. The molecule has 2 heterocycles. The van der Waals surface area contributed by atoms with Crippen LogP contribution in [0.3, 0.4) is 0 Å². The van der Waals surface area contributed by atoms with Gasteiger partial charge in [-0.2, -0.15) is 0 Å². The molecule has 1 N–H and O–H groups in total. The zero-order chi connectivity index (χ0) is 21.0. The summed E-state index contributed by atoms with van der Waals surface area (Å²) in [7, 11) is 0. The molecular weight excluding hydrogens is 410 g/mol. The van der Waals surface area contributed by atoms with Crippen LogP contribution in [-0.4, -0.2) is 29.9 Å². The number of fused-ring (bicyclic) bond motifs is 1. The Balaban J connectivity index is 1.17. The topological polar surface area (TPSA) is 71.5 Å². The Kier molecular flexibility index (Phi) is 4.56. The molecule has 1 aromatic heterocycles. The van der Waals surface area contributed by atoms with Crippen molar-refractivity contribution in [3.63, 3.8) is 0 Å². The molecule has 0 unspecified atom stereocenters. The van der Waals surface area contributed by atoms with Crippen LogP contribution in [-0.2, 0) is 15.0 Å². The first-order valence-corrected chi connectivity index (χ1v) is 12.2. The first kappa shape index (κ1) is 19.3. The van der Waals surface area contributed by atoms with Crippen LogP contribution in [0.15, 0.2) is 29.6 Å². The summed E-state index contributed by atoms with van der Waals surface area (Å²) < 4.78 is 5.66. The normalized spacial score (nSPS) is 31.2. The van der Waals surface area contributed by atoms with Crippen molar-refractivity contribution in [3.8, 4) is 5.75 Å². The molecule has 0 saturated heterocycles. The van der Waals surface area contributed by atoms with Crippen molar-refractivity contribution in [1.82, 2.24) is 4.98 Å².